The topological polar surface area (TPSA) is 75.7 Å². The van der Waals surface area contributed by atoms with Crippen LogP contribution in [-0.4, -0.2) is 41.0 Å². The van der Waals surface area contributed by atoms with Gasteiger partial charge in [-0.1, -0.05) is 0 Å². The molecule has 0 aromatic heterocycles. The summed E-state index contributed by atoms with van der Waals surface area (Å²) in [6, 6.07) is -0.648. The summed E-state index contributed by atoms with van der Waals surface area (Å²) >= 11 is 0. The predicted octanol–water partition coefficient (Wildman–Crippen LogP) is -0.368. The molecule has 2 heterocycles. The molecular formula is C9H12N2O4. The fourth-order valence-electron chi connectivity index (χ4n) is 1.98. The first-order valence-electron chi connectivity index (χ1n) is 4.78. The van der Waals surface area contributed by atoms with Gasteiger partial charge >= 0.3 is 17.8 Å². The van der Waals surface area contributed by atoms with Gasteiger partial charge in [0.2, 0.25) is 0 Å². The van der Waals surface area contributed by atoms with Gasteiger partial charge in [0.1, 0.15) is 0 Å². The molecule has 0 saturated carbocycles. The van der Waals surface area contributed by atoms with Gasteiger partial charge in [-0.3, -0.25) is 14.9 Å². The van der Waals surface area contributed by atoms with Crippen molar-refractivity contribution in [1.29, 1.82) is 0 Å². The molecule has 2 saturated heterocycles. The lowest BCUT2D eigenvalue weighted by atomic mass is 9.92. The Hall–Kier alpha value is -1.43. The molecule has 2 aliphatic heterocycles. The summed E-state index contributed by atoms with van der Waals surface area (Å²) in [4.78, 5) is 35.0. The number of amides is 4. The second-order valence-corrected chi connectivity index (χ2v) is 4.02. The fourth-order valence-corrected chi connectivity index (χ4v) is 1.98. The van der Waals surface area contributed by atoms with Gasteiger partial charge in [-0.15, -0.1) is 0 Å². The monoisotopic (exact) mass is 212 g/mol. The molecule has 0 spiro atoms. The van der Waals surface area contributed by atoms with E-state index in [0.717, 1.165) is 4.90 Å². The van der Waals surface area contributed by atoms with Gasteiger partial charge in [-0.05, 0) is 20.3 Å². The second-order valence-electron chi connectivity index (χ2n) is 4.02. The lowest BCUT2D eigenvalue weighted by Gasteiger charge is -2.34. The summed E-state index contributed by atoms with van der Waals surface area (Å²) in [6.45, 7) is 4.03. The van der Waals surface area contributed by atoms with Crippen LogP contribution >= 0.6 is 0 Å². The Morgan fingerprint density at radius 3 is 2.53 bits per heavy atom. The predicted molar refractivity (Wildman–Crippen MR) is 48.8 cm³/mol. The number of nitrogens with zero attached hydrogens (tertiary/aromatic N) is 1. The molecule has 2 rings (SSSR count). The Balaban J connectivity index is 2.34. The van der Waals surface area contributed by atoms with Crippen LogP contribution in [0.5, 0.6) is 0 Å². The third kappa shape index (κ3) is 1.25. The lowest BCUT2D eigenvalue weighted by Crippen LogP contribution is -2.54. The van der Waals surface area contributed by atoms with Crippen LogP contribution in [0.1, 0.15) is 20.3 Å². The van der Waals surface area contributed by atoms with Crippen molar-refractivity contribution in [2.75, 3.05) is 6.61 Å². The molecule has 0 radical (unpaired) electrons. The van der Waals surface area contributed by atoms with Gasteiger partial charge in [0.05, 0.1) is 11.6 Å². The quantitative estimate of drug-likeness (QED) is 0.475. The second kappa shape index (κ2) is 3.03. The van der Waals surface area contributed by atoms with Crippen LogP contribution in [0.15, 0.2) is 0 Å². The molecular weight excluding hydrogens is 200 g/mol. The Bertz CT molecular complexity index is 354. The van der Waals surface area contributed by atoms with E-state index in [9.17, 15) is 14.4 Å². The van der Waals surface area contributed by atoms with Crippen LogP contribution in [0.3, 0.4) is 0 Å². The normalized spacial score (nSPS) is 36.3. The summed E-state index contributed by atoms with van der Waals surface area (Å²) in [6.07, 6.45) is 0.304. The van der Waals surface area contributed by atoms with Crippen LogP contribution in [-0.2, 0) is 14.3 Å². The molecule has 2 atom stereocenters. The van der Waals surface area contributed by atoms with Crippen molar-refractivity contribution in [2.24, 2.45) is 0 Å². The number of nitrogens with one attached hydrogen (secondary N) is 1. The molecule has 0 bridgehead atoms. The summed E-state index contributed by atoms with van der Waals surface area (Å²) in [7, 11) is 0. The third-order valence-electron chi connectivity index (χ3n) is 3.18. The Kier molecular flexibility index (Phi) is 2.04. The van der Waals surface area contributed by atoms with Crippen molar-refractivity contribution in [2.45, 2.75) is 31.9 Å². The molecule has 0 aliphatic carbocycles. The van der Waals surface area contributed by atoms with Crippen LogP contribution in [0.25, 0.3) is 0 Å². The van der Waals surface area contributed by atoms with E-state index >= 15 is 0 Å². The average molecular weight is 212 g/mol. The number of rotatable bonds is 1. The Morgan fingerprint density at radius 1 is 1.47 bits per heavy atom. The summed E-state index contributed by atoms with van der Waals surface area (Å²) in [5.41, 5.74) is -0.715. The largest absolute Gasteiger partial charge is 0.376 e. The Morgan fingerprint density at radius 2 is 2.13 bits per heavy atom. The zero-order valence-electron chi connectivity index (χ0n) is 8.57. The van der Waals surface area contributed by atoms with Crippen molar-refractivity contribution >= 4 is 17.8 Å². The lowest BCUT2D eigenvalue weighted by molar-refractivity contribution is -0.143. The zero-order chi connectivity index (χ0) is 11.2. The first-order valence-corrected chi connectivity index (χ1v) is 4.78. The molecule has 6 nitrogen and oxygen atoms in total. The highest BCUT2D eigenvalue weighted by molar-refractivity contribution is 6.45. The van der Waals surface area contributed by atoms with Crippen molar-refractivity contribution < 1.29 is 19.1 Å². The molecule has 2 aliphatic rings. The first kappa shape index (κ1) is 10.1. The molecule has 2 fully saturated rings. The van der Waals surface area contributed by atoms with Crippen molar-refractivity contribution in [1.82, 2.24) is 10.2 Å². The van der Waals surface area contributed by atoms with Gasteiger partial charge in [0, 0.05) is 6.61 Å². The van der Waals surface area contributed by atoms with Crippen molar-refractivity contribution in [3.63, 3.8) is 0 Å². The average Bonchev–Trinajstić information content (AvgIpc) is 2.58. The minimum absolute atomic E-state index is 0.252. The highest BCUT2D eigenvalue weighted by Gasteiger charge is 2.52. The molecule has 4 amide bonds. The number of imide groups is 2. The zero-order valence-corrected chi connectivity index (χ0v) is 8.57. The van der Waals surface area contributed by atoms with Crippen molar-refractivity contribution in [3.05, 3.63) is 0 Å². The smallest absolute Gasteiger partial charge is 0.332 e. The Labute approximate surface area is 86.6 Å². The van der Waals surface area contributed by atoms with Gasteiger partial charge in [-0.25, -0.2) is 9.69 Å². The summed E-state index contributed by atoms with van der Waals surface area (Å²) in [5, 5.41) is 1.98. The highest BCUT2D eigenvalue weighted by Crippen LogP contribution is 2.33. The van der Waals surface area contributed by atoms with E-state index < -0.39 is 23.4 Å². The number of urea groups is 1. The van der Waals surface area contributed by atoms with Gasteiger partial charge in [0.15, 0.2) is 0 Å². The van der Waals surface area contributed by atoms with E-state index in [2.05, 4.69) is 0 Å². The minimum Gasteiger partial charge on any atom is -0.376 e. The van der Waals surface area contributed by atoms with E-state index in [4.69, 9.17) is 4.74 Å². The molecule has 1 N–H and O–H groups in total. The number of carbonyl (C=O) groups excluding carboxylic acids is 3. The van der Waals surface area contributed by atoms with Gasteiger partial charge in [0.25, 0.3) is 0 Å². The maximum atomic E-state index is 11.5. The van der Waals surface area contributed by atoms with Crippen LogP contribution in [0, 0.1) is 0 Å². The fraction of sp³-hybridized carbons (Fsp3) is 0.667. The van der Waals surface area contributed by atoms with E-state index in [-0.39, 0.29) is 6.10 Å². The molecule has 0 aromatic rings. The number of ether oxygens (including phenoxy) is 1. The first-order chi connectivity index (χ1) is 6.97. The van der Waals surface area contributed by atoms with Gasteiger partial charge < -0.3 is 4.74 Å². The molecule has 82 valence electrons. The maximum absolute atomic E-state index is 11.5. The highest BCUT2D eigenvalue weighted by atomic mass is 16.5. The van der Waals surface area contributed by atoms with E-state index in [1.807, 2.05) is 5.32 Å². The standard InChI is InChI=1S/C9H12N2O4/c1-5-9(2,3-4-15-5)11-7(13)6(12)10-8(11)14/h5H,3-4H2,1-2H3,(H,10,12,14). The van der Waals surface area contributed by atoms with Crippen LogP contribution in [0.4, 0.5) is 4.79 Å². The molecule has 6 heteroatoms. The van der Waals surface area contributed by atoms with Gasteiger partial charge in [-0.2, -0.15) is 0 Å². The van der Waals surface area contributed by atoms with E-state index in [1.54, 1.807) is 13.8 Å². The third-order valence-corrected chi connectivity index (χ3v) is 3.18. The van der Waals surface area contributed by atoms with Crippen LogP contribution < -0.4 is 5.32 Å². The number of hydrogen-bond donors (Lipinski definition) is 1. The molecule has 0 aromatic carbocycles. The molecule has 15 heavy (non-hydrogen) atoms. The minimum atomic E-state index is -0.861. The SMILES string of the molecule is CC1OCCC1(C)N1C(=O)NC(=O)C1=O. The van der Waals surface area contributed by atoms with E-state index in [1.165, 1.54) is 0 Å². The van der Waals surface area contributed by atoms with E-state index in [0.29, 0.717) is 13.0 Å². The number of hydrogen-bond acceptors (Lipinski definition) is 4. The van der Waals surface area contributed by atoms with Crippen LogP contribution in [0.2, 0.25) is 0 Å². The van der Waals surface area contributed by atoms with Crippen molar-refractivity contribution in [3.8, 4) is 0 Å². The molecule has 2 unspecified atom stereocenters. The number of carbonyl (C=O) groups is 3. The summed E-state index contributed by atoms with van der Waals surface area (Å²) < 4.78 is 5.33. The maximum Gasteiger partial charge on any atom is 0.332 e. The summed E-state index contributed by atoms with van der Waals surface area (Å²) in [5.74, 6) is -1.65.